The third-order valence-electron chi connectivity index (χ3n) is 4.12. The van der Waals surface area contributed by atoms with E-state index >= 15 is 0 Å². The van der Waals surface area contributed by atoms with Gasteiger partial charge in [-0.15, -0.1) is 12.4 Å². The van der Waals surface area contributed by atoms with E-state index in [1.54, 1.807) is 19.1 Å². The second kappa shape index (κ2) is 8.21. The first-order valence-electron chi connectivity index (χ1n) is 7.69. The molecule has 3 rings (SSSR count). The van der Waals surface area contributed by atoms with E-state index in [9.17, 15) is 9.18 Å². The summed E-state index contributed by atoms with van der Waals surface area (Å²) >= 11 is 0. The van der Waals surface area contributed by atoms with Crippen molar-refractivity contribution in [3.63, 3.8) is 0 Å². The SMILES string of the molecule is Cc1nonc1CNC(=O)c1cc(CC2CCNC2)ccc1F.Cl. The van der Waals surface area contributed by atoms with Gasteiger partial charge in [0, 0.05) is 0 Å². The number of rotatable bonds is 5. The fourth-order valence-corrected chi connectivity index (χ4v) is 2.76. The molecule has 1 fully saturated rings. The number of nitrogens with one attached hydrogen (secondary N) is 2. The van der Waals surface area contributed by atoms with E-state index in [2.05, 4.69) is 25.6 Å². The van der Waals surface area contributed by atoms with Gasteiger partial charge in [-0.3, -0.25) is 4.79 Å². The molecule has 1 aromatic carbocycles. The smallest absolute Gasteiger partial charge is 0.254 e. The molecule has 2 heterocycles. The normalized spacial score (nSPS) is 16.7. The standard InChI is InChI=1S/C16H19FN4O2.ClH/c1-10-15(21-23-20-10)9-19-16(22)13-7-11(2-3-14(13)17)6-12-4-5-18-8-12;/h2-3,7,12,18H,4-6,8-9H2,1H3,(H,19,22);1H. The predicted octanol–water partition coefficient (Wildman–Crippen LogP) is 2.02. The molecule has 1 amide bonds. The summed E-state index contributed by atoms with van der Waals surface area (Å²) in [5.74, 6) is -0.442. The van der Waals surface area contributed by atoms with Gasteiger partial charge in [0.15, 0.2) is 0 Å². The Bertz CT molecular complexity index is 701. The lowest BCUT2D eigenvalue weighted by Crippen LogP contribution is -2.24. The van der Waals surface area contributed by atoms with Crippen LogP contribution in [0.25, 0.3) is 0 Å². The average Bonchev–Trinajstić information content (AvgIpc) is 3.18. The molecule has 1 saturated heterocycles. The summed E-state index contributed by atoms with van der Waals surface area (Å²) in [6.07, 6.45) is 1.96. The van der Waals surface area contributed by atoms with E-state index < -0.39 is 11.7 Å². The zero-order valence-electron chi connectivity index (χ0n) is 13.3. The summed E-state index contributed by atoms with van der Waals surface area (Å²) in [4.78, 5) is 12.2. The van der Waals surface area contributed by atoms with Gasteiger partial charge in [0.05, 0.1) is 12.1 Å². The zero-order chi connectivity index (χ0) is 16.2. The molecule has 130 valence electrons. The van der Waals surface area contributed by atoms with Crippen LogP contribution in [0.5, 0.6) is 0 Å². The molecule has 24 heavy (non-hydrogen) atoms. The molecule has 1 unspecified atom stereocenters. The Balaban J connectivity index is 0.00000208. The fourth-order valence-electron chi connectivity index (χ4n) is 2.76. The number of carbonyl (C=O) groups is 1. The van der Waals surface area contributed by atoms with Crippen LogP contribution in [0.15, 0.2) is 22.8 Å². The van der Waals surface area contributed by atoms with Gasteiger partial charge in [-0.2, -0.15) is 0 Å². The van der Waals surface area contributed by atoms with Gasteiger partial charge in [0.2, 0.25) is 0 Å². The molecule has 2 aromatic rings. The van der Waals surface area contributed by atoms with Gasteiger partial charge in [0.25, 0.3) is 5.91 Å². The fraction of sp³-hybridized carbons (Fsp3) is 0.438. The molecule has 0 radical (unpaired) electrons. The monoisotopic (exact) mass is 354 g/mol. The maximum atomic E-state index is 14.0. The maximum absolute atomic E-state index is 14.0. The van der Waals surface area contributed by atoms with Gasteiger partial charge in [-0.25, -0.2) is 9.02 Å². The number of benzene rings is 1. The van der Waals surface area contributed by atoms with Crippen molar-refractivity contribution >= 4 is 18.3 Å². The Labute approximate surface area is 145 Å². The number of carbonyl (C=O) groups excluding carboxylic acids is 1. The largest absolute Gasteiger partial charge is 0.346 e. The number of hydrogen-bond donors (Lipinski definition) is 2. The van der Waals surface area contributed by atoms with Crippen LogP contribution in [0, 0.1) is 18.7 Å². The minimum Gasteiger partial charge on any atom is -0.346 e. The first-order valence-corrected chi connectivity index (χ1v) is 7.69. The number of hydrogen-bond acceptors (Lipinski definition) is 5. The molecule has 0 aliphatic carbocycles. The van der Waals surface area contributed by atoms with Gasteiger partial charge in [0.1, 0.15) is 17.2 Å². The topological polar surface area (TPSA) is 80.1 Å². The van der Waals surface area contributed by atoms with Gasteiger partial charge >= 0.3 is 0 Å². The molecule has 1 aliphatic heterocycles. The van der Waals surface area contributed by atoms with Crippen molar-refractivity contribution in [2.75, 3.05) is 13.1 Å². The van der Waals surface area contributed by atoms with Crippen LogP contribution in [0.2, 0.25) is 0 Å². The van der Waals surface area contributed by atoms with Gasteiger partial charge in [-0.05, 0) is 56.5 Å². The highest BCUT2D eigenvalue weighted by molar-refractivity contribution is 5.94. The van der Waals surface area contributed by atoms with E-state index in [-0.39, 0.29) is 24.5 Å². The number of halogens is 2. The third-order valence-corrected chi connectivity index (χ3v) is 4.12. The van der Waals surface area contributed by atoms with E-state index in [4.69, 9.17) is 0 Å². The third kappa shape index (κ3) is 4.30. The molecule has 6 nitrogen and oxygen atoms in total. The summed E-state index contributed by atoms with van der Waals surface area (Å²) in [6, 6.07) is 4.74. The van der Waals surface area contributed by atoms with Crippen LogP contribution in [-0.4, -0.2) is 29.3 Å². The van der Waals surface area contributed by atoms with Crippen molar-refractivity contribution in [1.29, 1.82) is 0 Å². The average molecular weight is 355 g/mol. The molecule has 0 saturated carbocycles. The highest BCUT2D eigenvalue weighted by Gasteiger charge is 2.18. The second-order valence-corrected chi connectivity index (χ2v) is 5.86. The molecule has 8 heteroatoms. The molecule has 1 aromatic heterocycles. The molecule has 0 spiro atoms. The predicted molar refractivity (Wildman–Crippen MR) is 88.5 cm³/mol. The van der Waals surface area contributed by atoms with Crippen molar-refractivity contribution in [1.82, 2.24) is 20.9 Å². The quantitative estimate of drug-likeness (QED) is 0.858. The number of aryl methyl sites for hydroxylation is 1. The van der Waals surface area contributed by atoms with Crippen molar-refractivity contribution < 1.29 is 13.8 Å². The highest BCUT2D eigenvalue weighted by atomic mass is 35.5. The van der Waals surface area contributed by atoms with E-state index in [1.165, 1.54) is 6.07 Å². The van der Waals surface area contributed by atoms with Crippen molar-refractivity contribution in [2.45, 2.75) is 26.3 Å². The lowest BCUT2D eigenvalue weighted by atomic mass is 9.97. The van der Waals surface area contributed by atoms with Crippen LogP contribution in [0.4, 0.5) is 4.39 Å². The summed E-state index contributed by atoms with van der Waals surface area (Å²) in [6.45, 7) is 3.88. The second-order valence-electron chi connectivity index (χ2n) is 5.86. The van der Waals surface area contributed by atoms with Gasteiger partial charge < -0.3 is 10.6 Å². The number of nitrogens with zero attached hydrogens (tertiary/aromatic N) is 2. The van der Waals surface area contributed by atoms with Crippen LogP contribution in [0.1, 0.15) is 33.7 Å². The minimum atomic E-state index is -0.522. The Morgan fingerprint density at radius 2 is 2.29 bits per heavy atom. The molecule has 0 bridgehead atoms. The van der Waals surface area contributed by atoms with Crippen molar-refractivity contribution in [2.24, 2.45) is 5.92 Å². The molecule has 1 aliphatic rings. The van der Waals surface area contributed by atoms with Crippen LogP contribution < -0.4 is 10.6 Å². The van der Waals surface area contributed by atoms with Crippen LogP contribution in [-0.2, 0) is 13.0 Å². The van der Waals surface area contributed by atoms with Crippen LogP contribution in [0.3, 0.4) is 0 Å². The summed E-state index contributed by atoms with van der Waals surface area (Å²) < 4.78 is 18.5. The summed E-state index contributed by atoms with van der Waals surface area (Å²) in [7, 11) is 0. The molecular formula is C16H20ClFN4O2. The molecular weight excluding hydrogens is 335 g/mol. The minimum absolute atomic E-state index is 0. The zero-order valence-corrected chi connectivity index (χ0v) is 14.2. The van der Waals surface area contributed by atoms with E-state index in [0.717, 1.165) is 31.5 Å². The first-order chi connectivity index (χ1) is 11.1. The Morgan fingerprint density at radius 1 is 1.46 bits per heavy atom. The highest BCUT2D eigenvalue weighted by Crippen LogP contribution is 2.18. The van der Waals surface area contributed by atoms with Crippen molar-refractivity contribution in [3.8, 4) is 0 Å². The lowest BCUT2D eigenvalue weighted by molar-refractivity contribution is 0.0946. The van der Waals surface area contributed by atoms with Crippen molar-refractivity contribution in [3.05, 3.63) is 46.5 Å². The number of amides is 1. The van der Waals surface area contributed by atoms with E-state index in [1.807, 2.05) is 0 Å². The Kier molecular flexibility index (Phi) is 6.28. The summed E-state index contributed by atoms with van der Waals surface area (Å²) in [5, 5.41) is 13.3. The van der Waals surface area contributed by atoms with E-state index in [0.29, 0.717) is 17.3 Å². The summed E-state index contributed by atoms with van der Waals surface area (Å²) in [5.41, 5.74) is 2.17. The first kappa shape index (κ1) is 18.4. The molecule has 2 N–H and O–H groups in total. The van der Waals surface area contributed by atoms with Gasteiger partial charge in [-0.1, -0.05) is 16.4 Å². The Hall–Kier alpha value is -1.99. The molecule has 1 atom stereocenters. The maximum Gasteiger partial charge on any atom is 0.254 e. The number of aromatic nitrogens is 2. The van der Waals surface area contributed by atoms with Crippen LogP contribution >= 0.6 is 12.4 Å². The Morgan fingerprint density at radius 3 is 2.96 bits per heavy atom. The lowest BCUT2D eigenvalue weighted by Gasteiger charge is -2.10.